The van der Waals surface area contributed by atoms with Crippen LogP contribution in [0.4, 0.5) is 0 Å². The first kappa shape index (κ1) is 11.5. The third-order valence-electron chi connectivity index (χ3n) is 1.44. The quantitative estimate of drug-likeness (QED) is 0.607. The van der Waals surface area contributed by atoms with E-state index in [1.54, 1.807) is 6.07 Å². The summed E-state index contributed by atoms with van der Waals surface area (Å²) in [5.74, 6) is 0. The molecule has 6 heteroatoms. The summed E-state index contributed by atoms with van der Waals surface area (Å²) < 4.78 is 22.7. The normalized spacial score (nSPS) is 11.6. The minimum Gasteiger partial charge on any atom is -0.207 e. The van der Waals surface area contributed by atoms with E-state index in [1.807, 2.05) is 0 Å². The second-order valence-corrected chi connectivity index (χ2v) is 6.31. The molecule has 0 aliphatic heterocycles. The molecule has 0 radical (unpaired) electrons. The van der Waals surface area contributed by atoms with Gasteiger partial charge in [-0.2, -0.15) is 0 Å². The third kappa shape index (κ3) is 2.94. The van der Waals surface area contributed by atoms with Crippen LogP contribution >= 0.6 is 42.5 Å². The van der Waals surface area contributed by atoms with Gasteiger partial charge in [0.15, 0.2) is 0 Å². The summed E-state index contributed by atoms with van der Waals surface area (Å²) in [4.78, 5) is 0.117. The van der Waals surface area contributed by atoms with Gasteiger partial charge in [-0.15, -0.1) is 0 Å². The maximum atomic E-state index is 10.9. The molecule has 1 aromatic rings. The minimum atomic E-state index is -3.62. The number of benzene rings is 1. The summed E-state index contributed by atoms with van der Waals surface area (Å²) in [5, 5.41) is 0.577. The monoisotopic (exact) mass is 346 g/mol. The molecule has 0 saturated heterocycles. The zero-order valence-corrected chi connectivity index (χ0v) is 11.0. The zero-order valence-electron chi connectivity index (χ0n) is 6.30. The Bertz CT molecular complexity index is 417. The van der Waals surface area contributed by atoms with E-state index in [-0.39, 0.29) is 4.90 Å². The van der Waals surface area contributed by atoms with Crippen molar-refractivity contribution >= 4 is 51.6 Å². The van der Waals surface area contributed by atoms with Crippen molar-refractivity contribution in [1.82, 2.24) is 0 Å². The van der Waals surface area contributed by atoms with Crippen molar-refractivity contribution in [2.45, 2.75) is 10.2 Å². The molecule has 72 valence electrons. The second kappa shape index (κ2) is 4.29. The van der Waals surface area contributed by atoms with Crippen molar-refractivity contribution < 1.29 is 8.42 Å². The molecule has 0 aliphatic rings. The smallest absolute Gasteiger partial charge is 0.207 e. The van der Waals surface area contributed by atoms with E-state index in [1.165, 1.54) is 12.1 Å². The molecular weight excluding hydrogens is 343 g/mol. The van der Waals surface area contributed by atoms with Crippen LogP contribution in [0.1, 0.15) is 5.56 Å². The largest absolute Gasteiger partial charge is 0.261 e. The molecule has 0 amide bonds. The molecule has 0 N–H and O–H groups in total. The molecule has 0 atom stereocenters. The van der Waals surface area contributed by atoms with E-state index in [9.17, 15) is 8.42 Å². The van der Waals surface area contributed by atoms with Crippen LogP contribution in [-0.4, -0.2) is 8.42 Å². The Hall–Kier alpha value is 0.420. The highest BCUT2D eigenvalue weighted by Gasteiger charge is 2.11. The second-order valence-electron chi connectivity index (χ2n) is 2.32. The number of rotatable bonds is 2. The Morgan fingerprint density at radius 1 is 1.38 bits per heavy atom. The van der Waals surface area contributed by atoms with Gasteiger partial charge in [-0.25, -0.2) is 8.42 Å². The van der Waals surface area contributed by atoms with Crippen LogP contribution in [0.5, 0.6) is 0 Å². The Kier molecular flexibility index (Phi) is 3.80. The Morgan fingerprint density at radius 3 is 2.46 bits per heavy atom. The van der Waals surface area contributed by atoms with Crippen molar-refractivity contribution in [3.05, 3.63) is 28.2 Å². The first-order valence-electron chi connectivity index (χ1n) is 3.24. The van der Waals surface area contributed by atoms with E-state index < -0.39 is 9.05 Å². The predicted molar refractivity (Wildman–Crippen MR) is 59.8 cm³/mol. The van der Waals surface area contributed by atoms with Crippen molar-refractivity contribution in [2.24, 2.45) is 0 Å². The topological polar surface area (TPSA) is 34.1 Å². The van der Waals surface area contributed by atoms with Gasteiger partial charge in [-0.1, -0.05) is 31.9 Å². The van der Waals surface area contributed by atoms with Gasteiger partial charge >= 0.3 is 0 Å². The van der Waals surface area contributed by atoms with Gasteiger partial charge in [0, 0.05) is 20.5 Å². The van der Waals surface area contributed by atoms with Crippen molar-refractivity contribution in [3.63, 3.8) is 0 Å². The average Bonchev–Trinajstić information content (AvgIpc) is 2.03. The maximum Gasteiger partial charge on any atom is 0.261 e. The first-order chi connectivity index (χ1) is 5.95. The molecule has 0 saturated carbocycles. The van der Waals surface area contributed by atoms with E-state index in [0.29, 0.717) is 5.33 Å². The lowest BCUT2D eigenvalue weighted by Crippen LogP contribution is -1.92. The van der Waals surface area contributed by atoms with Crippen LogP contribution in [0.3, 0.4) is 0 Å². The fourth-order valence-corrected chi connectivity index (χ4v) is 2.83. The van der Waals surface area contributed by atoms with E-state index >= 15 is 0 Å². The predicted octanol–water partition coefficient (Wildman–Crippen LogP) is 3.27. The zero-order chi connectivity index (χ0) is 10.1. The summed E-state index contributed by atoms with van der Waals surface area (Å²) in [7, 11) is 1.56. The van der Waals surface area contributed by atoms with Crippen molar-refractivity contribution in [1.29, 1.82) is 0 Å². The van der Waals surface area contributed by atoms with Gasteiger partial charge in [0.05, 0.1) is 4.90 Å². The number of hydrogen-bond donors (Lipinski definition) is 0. The summed E-state index contributed by atoms with van der Waals surface area (Å²) in [6.45, 7) is 0. The number of halogens is 3. The van der Waals surface area contributed by atoms with Crippen molar-refractivity contribution in [3.8, 4) is 0 Å². The van der Waals surface area contributed by atoms with Crippen LogP contribution in [0, 0.1) is 0 Å². The standard InChI is InChI=1S/C7H5Br2ClO2S/c8-4-5-3-6(13(10,11)12)1-2-7(5)9/h1-3H,4H2. The first-order valence-corrected chi connectivity index (χ1v) is 7.46. The molecule has 1 rings (SSSR count). The number of alkyl halides is 1. The third-order valence-corrected chi connectivity index (χ3v) is 4.17. The van der Waals surface area contributed by atoms with Gasteiger partial charge in [0.25, 0.3) is 9.05 Å². The maximum absolute atomic E-state index is 10.9. The molecule has 0 bridgehead atoms. The Labute approximate surface area is 98.0 Å². The summed E-state index contributed by atoms with van der Waals surface area (Å²) in [5.41, 5.74) is 0.849. The fraction of sp³-hybridized carbons (Fsp3) is 0.143. The van der Waals surface area contributed by atoms with Gasteiger partial charge in [-0.05, 0) is 23.8 Å². The highest BCUT2D eigenvalue weighted by atomic mass is 79.9. The molecule has 0 aliphatic carbocycles. The molecule has 0 heterocycles. The van der Waals surface area contributed by atoms with E-state index in [4.69, 9.17) is 10.7 Å². The van der Waals surface area contributed by atoms with Gasteiger partial charge in [-0.3, -0.25) is 0 Å². The van der Waals surface area contributed by atoms with Crippen LogP contribution in [-0.2, 0) is 14.4 Å². The van der Waals surface area contributed by atoms with E-state index in [0.717, 1.165) is 10.0 Å². The van der Waals surface area contributed by atoms with Crippen molar-refractivity contribution in [2.75, 3.05) is 0 Å². The molecule has 0 aromatic heterocycles. The highest BCUT2D eigenvalue weighted by molar-refractivity contribution is 9.10. The molecule has 1 aromatic carbocycles. The van der Waals surface area contributed by atoms with Crippen LogP contribution in [0.15, 0.2) is 27.6 Å². The lowest BCUT2D eigenvalue weighted by Gasteiger charge is -2.01. The number of hydrogen-bond acceptors (Lipinski definition) is 2. The molecule has 2 nitrogen and oxygen atoms in total. The highest BCUT2D eigenvalue weighted by Crippen LogP contribution is 2.24. The Morgan fingerprint density at radius 2 is 2.00 bits per heavy atom. The Balaban J connectivity index is 3.30. The molecule has 13 heavy (non-hydrogen) atoms. The van der Waals surface area contributed by atoms with Crippen LogP contribution in [0.2, 0.25) is 0 Å². The SMILES string of the molecule is O=S(=O)(Cl)c1ccc(Br)c(CBr)c1. The van der Waals surface area contributed by atoms with Crippen LogP contribution in [0.25, 0.3) is 0 Å². The lowest BCUT2D eigenvalue weighted by atomic mass is 10.2. The molecule has 0 unspecified atom stereocenters. The minimum absolute atomic E-state index is 0.117. The van der Waals surface area contributed by atoms with Gasteiger partial charge in [0.2, 0.25) is 0 Å². The fourth-order valence-electron chi connectivity index (χ4n) is 0.805. The average molecular weight is 348 g/mol. The lowest BCUT2D eigenvalue weighted by molar-refractivity contribution is 0.609. The van der Waals surface area contributed by atoms with E-state index in [2.05, 4.69) is 31.9 Å². The molecule has 0 spiro atoms. The molecule has 0 fully saturated rings. The van der Waals surface area contributed by atoms with Crippen LogP contribution < -0.4 is 0 Å². The summed E-state index contributed by atoms with van der Waals surface area (Å²) >= 11 is 6.53. The summed E-state index contributed by atoms with van der Waals surface area (Å²) in [6, 6.07) is 4.64. The summed E-state index contributed by atoms with van der Waals surface area (Å²) in [6.07, 6.45) is 0. The molecular formula is C7H5Br2ClO2S. The van der Waals surface area contributed by atoms with Gasteiger partial charge in [0.1, 0.15) is 0 Å². The van der Waals surface area contributed by atoms with Gasteiger partial charge < -0.3 is 0 Å².